The van der Waals surface area contributed by atoms with Gasteiger partial charge in [0.25, 0.3) is 0 Å². The van der Waals surface area contributed by atoms with Crippen LogP contribution in [-0.2, 0) is 10.5 Å². The van der Waals surface area contributed by atoms with Crippen molar-refractivity contribution in [1.82, 2.24) is 19.7 Å². The standard InChI is InChI=1S/C22H20FN5OS/c23-19-9-8-16(20-18(19)7-4-10-24-20)15-30-22-26-25-21(27-11-13-29-14-12-27)28(22)17-5-2-1-3-6-17/h1-10H,11-15H2. The molecule has 0 atom stereocenters. The molecular weight excluding hydrogens is 401 g/mol. The highest BCUT2D eigenvalue weighted by atomic mass is 32.2. The second-order valence-corrected chi connectivity index (χ2v) is 7.89. The minimum absolute atomic E-state index is 0.256. The summed E-state index contributed by atoms with van der Waals surface area (Å²) in [5.74, 6) is 1.17. The summed E-state index contributed by atoms with van der Waals surface area (Å²) in [5, 5.41) is 10.3. The molecule has 6 nitrogen and oxygen atoms in total. The lowest BCUT2D eigenvalue weighted by Gasteiger charge is -2.27. The number of hydrogen-bond donors (Lipinski definition) is 0. The summed E-state index contributed by atoms with van der Waals surface area (Å²) in [6.45, 7) is 2.92. The molecule has 0 spiro atoms. The maximum atomic E-state index is 14.1. The van der Waals surface area contributed by atoms with Crippen molar-refractivity contribution in [2.75, 3.05) is 31.2 Å². The molecular formula is C22H20FN5OS. The molecule has 5 rings (SSSR count). The lowest BCUT2D eigenvalue weighted by Crippen LogP contribution is -2.37. The Morgan fingerprint density at radius 2 is 1.80 bits per heavy atom. The number of nitrogens with zero attached hydrogens (tertiary/aromatic N) is 5. The van der Waals surface area contributed by atoms with Crippen molar-refractivity contribution in [3.8, 4) is 5.69 Å². The average molecular weight is 422 g/mol. The van der Waals surface area contributed by atoms with Gasteiger partial charge in [0.2, 0.25) is 5.95 Å². The Morgan fingerprint density at radius 3 is 2.63 bits per heavy atom. The van der Waals surface area contributed by atoms with Gasteiger partial charge in [-0.1, -0.05) is 36.0 Å². The molecule has 1 aliphatic heterocycles. The number of pyridine rings is 1. The van der Waals surface area contributed by atoms with Crippen LogP contribution in [0.25, 0.3) is 16.6 Å². The highest BCUT2D eigenvalue weighted by molar-refractivity contribution is 7.98. The number of aromatic nitrogens is 4. The van der Waals surface area contributed by atoms with E-state index in [1.807, 2.05) is 30.3 Å². The van der Waals surface area contributed by atoms with E-state index in [0.29, 0.717) is 29.9 Å². The van der Waals surface area contributed by atoms with E-state index in [2.05, 4.69) is 24.6 Å². The minimum Gasteiger partial charge on any atom is -0.378 e. The fraction of sp³-hybridized carbons (Fsp3) is 0.227. The van der Waals surface area contributed by atoms with E-state index in [-0.39, 0.29) is 5.82 Å². The quantitative estimate of drug-likeness (QED) is 0.453. The van der Waals surface area contributed by atoms with Crippen molar-refractivity contribution in [3.63, 3.8) is 0 Å². The Labute approximate surface area is 177 Å². The predicted octanol–water partition coefficient (Wildman–Crippen LogP) is 4.08. The molecule has 4 aromatic rings. The molecule has 0 saturated carbocycles. The Hall–Kier alpha value is -2.97. The zero-order chi connectivity index (χ0) is 20.3. The van der Waals surface area contributed by atoms with E-state index in [4.69, 9.17) is 4.74 Å². The van der Waals surface area contributed by atoms with Crippen LogP contribution in [0, 0.1) is 5.82 Å². The summed E-state index contributed by atoms with van der Waals surface area (Å²) in [5.41, 5.74) is 2.66. The number of fused-ring (bicyclic) bond motifs is 1. The molecule has 2 aromatic carbocycles. The summed E-state index contributed by atoms with van der Waals surface area (Å²) >= 11 is 1.57. The zero-order valence-electron chi connectivity index (χ0n) is 16.2. The molecule has 0 aliphatic carbocycles. The van der Waals surface area contributed by atoms with Gasteiger partial charge in [0.05, 0.1) is 24.4 Å². The van der Waals surface area contributed by atoms with E-state index in [9.17, 15) is 4.39 Å². The number of rotatable bonds is 5. The Morgan fingerprint density at radius 1 is 0.967 bits per heavy atom. The van der Waals surface area contributed by atoms with Crippen LogP contribution in [0.5, 0.6) is 0 Å². The molecule has 3 heterocycles. The first kappa shape index (κ1) is 19.0. The topological polar surface area (TPSA) is 56.1 Å². The summed E-state index contributed by atoms with van der Waals surface area (Å²) in [4.78, 5) is 6.59. The van der Waals surface area contributed by atoms with Crippen molar-refractivity contribution in [3.05, 3.63) is 72.2 Å². The average Bonchev–Trinajstić information content (AvgIpc) is 3.24. The van der Waals surface area contributed by atoms with Gasteiger partial charge in [-0.3, -0.25) is 9.55 Å². The van der Waals surface area contributed by atoms with E-state index >= 15 is 0 Å². The molecule has 0 radical (unpaired) electrons. The maximum absolute atomic E-state index is 14.1. The molecule has 1 saturated heterocycles. The Bertz CT molecular complexity index is 1160. The van der Waals surface area contributed by atoms with Crippen molar-refractivity contribution >= 4 is 28.6 Å². The molecule has 2 aromatic heterocycles. The molecule has 0 unspecified atom stereocenters. The van der Waals surface area contributed by atoms with Crippen LogP contribution in [0.15, 0.2) is 66.0 Å². The van der Waals surface area contributed by atoms with Gasteiger partial charge in [-0.15, -0.1) is 10.2 Å². The van der Waals surface area contributed by atoms with Gasteiger partial charge in [-0.2, -0.15) is 0 Å². The van der Waals surface area contributed by atoms with Crippen LogP contribution in [0.4, 0.5) is 10.3 Å². The van der Waals surface area contributed by atoms with Crippen LogP contribution in [0.3, 0.4) is 0 Å². The first-order valence-electron chi connectivity index (χ1n) is 9.80. The summed E-state index contributed by atoms with van der Waals surface area (Å²) in [6.07, 6.45) is 1.69. The number of hydrogen-bond acceptors (Lipinski definition) is 6. The molecule has 8 heteroatoms. The molecule has 0 N–H and O–H groups in total. The minimum atomic E-state index is -0.256. The number of halogens is 1. The predicted molar refractivity (Wildman–Crippen MR) is 116 cm³/mol. The molecule has 152 valence electrons. The second kappa shape index (κ2) is 8.41. The highest BCUT2D eigenvalue weighted by Crippen LogP contribution is 2.31. The highest BCUT2D eigenvalue weighted by Gasteiger charge is 2.22. The number of morpholine rings is 1. The smallest absolute Gasteiger partial charge is 0.232 e. The van der Waals surface area contributed by atoms with E-state index < -0.39 is 0 Å². The molecule has 1 fully saturated rings. The van der Waals surface area contributed by atoms with Crippen molar-refractivity contribution in [2.24, 2.45) is 0 Å². The number of ether oxygens (including phenoxy) is 1. The van der Waals surface area contributed by atoms with Gasteiger partial charge in [0.1, 0.15) is 5.82 Å². The zero-order valence-corrected chi connectivity index (χ0v) is 17.1. The molecule has 1 aliphatic rings. The molecule has 0 bridgehead atoms. The monoisotopic (exact) mass is 421 g/mol. The SMILES string of the molecule is Fc1ccc(CSc2nnc(N3CCOCC3)n2-c2ccccc2)c2ncccc12. The lowest BCUT2D eigenvalue weighted by molar-refractivity contribution is 0.122. The van der Waals surface area contributed by atoms with Crippen molar-refractivity contribution < 1.29 is 9.13 Å². The third kappa shape index (κ3) is 3.64. The molecule has 0 amide bonds. The number of benzene rings is 2. The Kier molecular flexibility index (Phi) is 5.33. The van der Waals surface area contributed by atoms with E-state index in [1.54, 1.807) is 36.2 Å². The van der Waals surface area contributed by atoms with Crippen molar-refractivity contribution in [2.45, 2.75) is 10.9 Å². The fourth-order valence-corrected chi connectivity index (χ4v) is 4.51. The first-order chi connectivity index (χ1) is 14.8. The van der Waals surface area contributed by atoms with Gasteiger partial charge in [-0.05, 0) is 35.9 Å². The maximum Gasteiger partial charge on any atom is 0.232 e. The summed E-state index contributed by atoms with van der Waals surface area (Å²) in [7, 11) is 0. The summed E-state index contributed by atoms with van der Waals surface area (Å²) < 4.78 is 21.7. The fourth-order valence-electron chi connectivity index (χ4n) is 3.58. The van der Waals surface area contributed by atoms with E-state index in [1.165, 1.54) is 6.07 Å². The summed E-state index contributed by atoms with van der Waals surface area (Å²) in [6, 6.07) is 16.9. The van der Waals surface area contributed by atoms with Gasteiger partial charge in [-0.25, -0.2) is 4.39 Å². The van der Waals surface area contributed by atoms with Gasteiger partial charge in [0, 0.05) is 30.4 Å². The van der Waals surface area contributed by atoms with Crippen LogP contribution < -0.4 is 4.90 Å². The second-order valence-electron chi connectivity index (χ2n) is 6.95. The lowest BCUT2D eigenvalue weighted by atomic mass is 10.1. The van der Waals surface area contributed by atoms with Crippen molar-refractivity contribution in [1.29, 1.82) is 0 Å². The van der Waals surface area contributed by atoms with Crippen LogP contribution in [0.1, 0.15) is 5.56 Å². The first-order valence-corrected chi connectivity index (χ1v) is 10.8. The van der Waals surface area contributed by atoms with Crippen LogP contribution in [0.2, 0.25) is 0 Å². The Balaban J connectivity index is 1.49. The third-order valence-corrected chi connectivity index (χ3v) is 6.06. The molecule has 30 heavy (non-hydrogen) atoms. The largest absolute Gasteiger partial charge is 0.378 e. The number of thioether (sulfide) groups is 1. The number of para-hydroxylation sites is 1. The van der Waals surface area contributed by atoms with Gasteiger partial charge < -0.3 is 9.64 Å². The normalized spacial score (nSPS) is 14.4. The van der Waals surface area contributed by atoms with Crippen LogP contribution in [-0.4, -0.2) is 46.1 Å². The number of anilines is 1. The van der Waals surface area contributed by atoms with Gasteiger partial charge >= 0.3 is 0 Å². The van der Waals surface area contributed by atoms with Gasteiger partial charge in [0.15, 0.2) is 5.16 Å². The van der Waals surface area contributed by atoms with E-state index in [0.717, 1.165) is 35.4 Å². The van der Waals surface area contributed by atoms with Crippen LogP contribution >= 0.6 is 11.8 Å². The third-order valence-electron chi connectivity index (χ3n) is 5.08.